The molecule has 0 bridgehead atoms. The molecule has 0 amide bonds. The highest BCUT2D eigenvalue weighted by atomic mass is 32.2. The Bertz CT molecular complexity index is 279. The highest BCUT2D eigenvalue weighted by Gasteiger charge is 2.27. The van der Waals surface area contributed by atoms with Gasteiger partial charge in [0.05, 0.1) is 12.4 Å². The molecule has 0 radical (unpaired) electrons. The molecule has 0 aromatic rings. The van der Waals surface area contributed by atoms with E-state index in [4.69, 9.17) is 5.11 Å². The highest BCUT2D eigenvalue weighted by Crippen LogP contribution is 2.27. The molecule has 1 rings (SSSR count). The van der Waals surface area contributed by atoms with Crippen LogP contribution >= 0.6 is 11.8 Å². The zero-order valence-electron chi connectivity index (χ0n) is 8.98. The second kappa shape index (κ2) is 6.08. The van der Waals surface area contributed by atoms with Crippen LogP contribution in [0.3, 0.4) is 0 Å². The van der Waals surface area contributed by atoms with E-state index in [-0.39, 0.29) is 18.4 Å². The lowest BCUT2D eigenvalue weighted by Gasteiger charge is -2.30. The van der Waals surface area contributed by atoms with Gasteiger partial charge in [0, 0.05) is 11.3 Å². The van der Waals surface area contributed by atoms with Crippen LogP contribution < -0.4 is 4.72 Å². The van der Waals surface area contributed by atoms with Crippen LogP contribution in [0.15, 0.2) is 0 Å². The summed E-state index contributed by atoms with van der Waals surface area (Å²) in [7, 11) is -3.29. The third kappa shape index (κ3) is 4.30. The van der Waals surface area contributed by atoms with E-state index in [2.05, 4.69) is 4.72 Å². The predicted molar refractivity (Wildman–Crippen MR) is 63.6 cm³/mol. The Labute approximate surface area is 95.9 Å². The minimum absolute atomic E-state index is 0.0466. The van der Waals surface area contributed by atoms with Crippen molar-refractivity contribution in [3.8, 4) is 0 Å². The standard InChI is InChI=1S/C9H19NO3S2/c1-14-9-5-3-2-4-8(9)10-15(12,13)7-6-11/h8-11H,2-7H2,1H3. The van der Waals surface area contributed by atoms with Crippen molar-refractivity contribution in [3.05, 3.63) is 0 Å². The fourth-order valence-electron chi connectivity index (χ4n) is 1.92. The summed E-state index contributed by atoms with van der Waals surface area (Å²) < 4.78 is 25.6. The number of rotatable bonds is 5. The second-order valence-corrected chi connectivity index (χ2v) is 6.78. The minimum atomic E-state index is -3.29. The van der Waals surface area contributed by atoms with Gasteiger partial charge in [0.2, 0.25) is 10.0 Å². The van der Waals surface area contributed by atoms with Gasteiger partial charge in [0.1, 0.15) is 0 Å². The summed E-state index contributed by atoms with van der Waals surface area (Å²) in [5.74, 6) is -0.190. The first-order valence-electron chi connectivity index (χ1n) is 5.22. The van der Waals surface area contributed by atoms with Crippen LogP contribution in [-0.4, -0.2) is 43.4 Å². The first-order valence-corrected chi connectivity index (χ1v) is 8.16. The van der Waals surface area contributed by atoms with Gasteiger partial charge in [-0.15, -0.1) is 0 Å². The van der Waals surface area contributed by atoms with E-state index in [0.29, 0.717) is 5.25 Å². The Morgan fingerprint density at radius 3 is 2.67 bits per heavy atom. The molecular formula is C9H19NO3S2. The van der Waals surface area contributed by atoms with E-state index < -0.39 is 10.0 Å². The maximum atomic E-state index is 11.5. The average molecular weight is 253 g/mol. The number of thioether (sulfide) groups is 1. The van der Waals surface area contributed by atoms with Crippen molar-refractivity contribution in [1.82, 2.24) is 4.72 Å². The first kappa shape index (κ1) is 13.3. The van der Waals surface area contributed by atoms with E-state index >= 15 is 0 Å². The number of hydrogen-bond donors (Lipinski definition) is 2. The summed E-state index contributed by atoms with van der Waals surface area (Å²) in [4.78, 5) is 0. The molecule has 2 unspecified atom stereocenters. The number of hydrogen-bond acceptors (Lipinski definition) is 4. The van der Waals surface area contributed by atoms with E-state index in [9.17, 15) is 8.42 Å². The van der Waals surface area contributed by atoms with Gasteiger partial charge in [-0.2, -0.15) is 11.8 Å². The van der Waals surface area contributed by atoms with Crippen molar-refractivity contribution < 1.29 is 13.5 Å². The minimum Gasteiger partial charge on any atom is -0.395 e. The molecule has 0 spiro atoms. The van der Waals surface area contributed by atoms with Gasteiger partial charge in [-0.1, -0.05) is 12.8 Å². The van der Waals surface area contributed by atoms with E-state index in [1.165, 1.54) is 6.42 Å². The molecule has 1 aliphatic carbocycles. The van der Waals surface area contributed by atoms with Crippen molar-refractivity contribution in [2.24, 2.45) is 0 Å². The Hall–Kier alpha value is 0.220. The lowest BCUT2D eigenvalue weighted by molar-refractivity contribution is 0.318. The zero-order valence-corrected chi connectivity index (χ0v) is 10.6. The molecular weight excluding hydrogens is 234 g/mol. The lowest BCUT2D eigenvalue weighted by atomic mass is 9.96. The molecule has 4 nitrogen and oxygen atoms in total. The van der Waals surface area contributed by atoms with Crippen LogP contribution in [0, 0.1) is 0 Å². The summed E-state index contributed by atoms with van der Waals surface area (Å²) in [5, 5.41) is 9.01. The largest absolute Gasteiger partial charge is 0.395 e. The smallest absolute Gasteiger partial charge is 0.214 e. The van der Waals surface area contributed by atoms with Crippen LogP contribution in [0.1, 0.15) is 25.7 Å². The molecule has 1 saturated carbocycles. The van der Waals surface area contributed by atoms with Crippen LogP contribution in [0.4, 0.5) is 0 Å². The topological polar surface area (TPSA) is 66.4 Å². The quantitative estimate of drug-likeness (QED) is 0.752. The third-order valence-corrected chi connectivity index (χ3v) is 5.25. The molecule has 0 aromatic carbocycles. The molecule has 2 atom stereocenters. The molecule has 1 fully saturated rings. The van der Waals surface area contributed by atoms with Gasteiger partial charge in [0.25, 0.3) is 0 Å². The van der Waals surface area contributed by atoms with E-state index in [1.807, 2.05) is 6.26 Å². The molecule has 0 saturated heterocycles. The Kier molecular flexibility index (Phi) is 5.38. The number of aliphatic hydroxyl groups excluding tert-OH is 1. The van der Waals surface area contributed by atoms with Crippen molar-refractivity contribution in [2.45, 2.75) is 37.0 Å². The van der Waals surface area contributed by atoms with Crippen molar-refractivity contribution in [3.63, 3.8) is 0 Å². The molecule has 15 heavy (non-hydrogen) atoms. The lowest BCUT2D eigenvalue weighted by Crippen LogP contribution is -2.44. The maximum absolute atomic E-state index is 11.5. The van der Waals surface area contributed by atoms with Crippen molar-refractivity contribution in [2.75, 3.05) is 18.6 Å². The van der Waals surface area contributed by atoms with Gasteiger partial charge in [0.15, 0.2) is 0 Å². The average Bonchev–Trinajstić information content (AvgIpc) is 2.17. The summed E-state index contributed by atoms with van der Waals surface area (Å²) in [6, 6.07) is 0.0466. The fraction of sp³-hybridized carbons (Fsp3) is 1.00. The third-order valence-electron chi connectivity index (χ3n) is 2.70. The van der Waals surface area contributed by atoms with Crippen LogP contribution in [0.2, 0.25) is 0 Å². The normalized spacial score (nSPS) is 27.9. The molecule has 0 aromatic heterocycles. The molecule has 90 valence electrons. The van der Waals surface area contributed by atoms with Crippen LogP contribution in [-0.2, 0) is 10.0 Å². The van der Waals surface area contributed by atoms with Crippen LogP contribution in [0.25, 0.3) is 0 Å². The summed E-state index contributed by atoms with van der Waals surface area (Å²) >= 11 is 1.72. The highest BCUT2D eigenvalue weighted by molar-refractivity contribution is 7.99. The molecule has 6 heteroatoms. The Morgan fingerprint density at radius 1 is 1.40 bits per heavy atom. The maximum Gasteiger partial charge on any atom is 0.214 e. The molecule has 0 heterocycles. The van der Waals surface area contributed by atoms with Gasteiger partial charge in [-0.3, -0.25) is 0 Å². The van der Waals surface area contributed by atoms with Gasteiger partial charge in [-0.05, 0) is 19.1 Å². The van der Waals surface area contributed by atoms with E-state index in [1.54, 1.807) is 11.8 Å². The molecule has 2 N–H and O–H groups in total. The number of aliphatic hydroxyl groups is 1. The first-order chi connectivity index (χ1) is 7.09. The van der Waals surface area contributed by atoms with Crippen LogP contribution in [0.5, 0.6) is 0 Å². The van der Waals surface area contributed by atoms with Gasteiger partial charge < -0.3 is 5.11 Å². The Morgan fingerprint density at radius 2 is 2.07 bits per heavy atom. The summed E-state index contributed by atoms with van der Waals surface area (Å²) in [5.41, 5.74) is 0. The van der Waals surface area contributed by atoms with Gasteiger partial charge >= 0.3 is 0 Å². The monoisotopic (exact) mass is 253 g/mol. The second-order valence-electron chi connectivity index (χ2n) is 3.83. The van der Waals surface area contributed by atoms with Crippen molar-refractivity contribution >= 4 is 21.8 Å². The van der Waals surface area contributed by atoms with Crippen molar-refractivity contribution in [1.29, 1.82) is 0 Å². The Balaban J connectivity index is 2.54. The number of sulfonamides is 1. The van der Waals surface area contributed by atoms with E-state index in [0.717, 1.165) is 19.3 Å². The predicted octanol–water partition coefficient (Wildman–Crippen LogP) is 0.572. The summed E-state index contributed by atoms with van der Waals surface area (Å²) in [6.07, 6.45) is 6.28. The fourth-order valence-corrected chi connectivity index (χ4v) is 4.05. The zero-order chi connectivity index (χ0) is 11.3. The molecule has 0 aliphatic heterocycles. The van der Waals surface area contributed by atoms with Gasteiger partial charge in [-0.25, -0.2) is 13.1 Å². The number of nitrogens with one attached hydrogen (secondary N) is 1. The summed E-state index contributed by atoms with van der Waals surface area (Å²) in [6.45, 7) is -0.314. The molecule has 1 aliphatic rings. The SMILES string of the molecule is CSC1CCCCC1NS(=O)(=O)CCO.